The van der Waals surface area contributed by atoms with Crippen LogP contribution in [0.5, 0.6) is 0 Å². The Balaban J connectivity index is 1.43. The molecule has 2 amide bonds. The van der Waals surface area contributed by atoms with Gasteiger partial charge in [0.15, 0.2) is 0 Å². The molecule has 6 heteroatoms. The molecular weight excluding hydrogens is 362 g/mol. The van der Waals surface area contributed by atoms with E-state index in [9.17, 15) is 9.59 Å². The van der Waals surface area contributed by atoms with Gasteiger partial charge in [-0.05, 0) is 49.7 Å². The van der Waals surface area contributed by atoms with E-state index in [1.165, 1.54) is 5.56 Å². The number of amides is 2. The van der Waals surface area contributed by atoms with E-state index in [4.69, 9.17) is 11.6 Å². The van der Waals surface area contributed by atoms with Crippen molar-refractivity contribution in [2.45, 2.75) is 32.2 Å². The number of nitrogens with zero attached hydrogens (tertiary/aromatic N) is 1. The van der Waals surface area contributed by atoms with Crippen molar-refractivity contribution in [3.63, 3.8) is 0 Å². The van der Waals surface area contributed by atoms with Crippen LogP contribution >= 0.6 is 11.6 Å². The number of anilines is 2. The maximum Gasteiger partial charge on any atom is 0.230 e. The number of benzene rings is 2. The second kappa shape index (κ2) is 9.02. The first kappa shape index (κ1) is 19.4. The molecule has 1 atom stereocenters. The number of nitrogens with one attached hydrogen (secondary N) is 1. The highest BCUT2D eigenvalue weighted by Gasteiger charge is 2.21. The number of carbonyl (C=O) groups excluding carboxylic acids is 2. The fourth-order valence-corrected chi connectivity index (χ4v) is 3.36. The van der Waals surface area contributed by atoms with Gasteiger partial charge in [0.05, 0.1) is 13.0 Å². The van der Waals surface area contributed by atoms with E-state index in [2.05, 4.69) is 17.6 Å². The molecule has 0 aromatic heterocycles. The van der Waals surface area contributed by atoms with Crippen LogP contribution in [-0.2, 0) is 9.59 Å². The fraction of sp³-hybridized carbons (Fsp3) is 0.333. The fourth-order valence-electron chi connectivity index (χ4n) is 3.24. The highest BCUT2D eigenvalue weighted by molar-refractivity contribution is 6.30. The van der Waals surface area contributed by atoms with E-state index in [1.54, 1.807) is 4.90 Å². The topological polar surface area (TPSA) is 66.0 Å². The number of nitrogens with two attached hydrogens (primary N) is 1. The number of rotatable bonds is 7. The molecule has 2 aromatic carbocycles. The Bertz CT molecular complexity index is 790. The first-order valence-electron chi connectivity index (χ1n) is 9.32. The predicted octanol–water partition coefficient (Wildman–Crippen LogP) is 3.12. The van der Waals surface area contributed by atoms with Gasteiger partial charge in [0.2, 0.25) is 11.8 Å². The molecule has 3 N–H and O–H groups in total. The average molecular weight is 387 g/mol. The number of hydrogen-bond acceptors (Lipinski definition) is 2. The summed E-state index contributed by atoms with van der Waals surface area (Å²) in [4.78, 5) is 25.7. The second-order valence-electron chi connectivity index (χ2n) is 6.86. The molecule has 1 fully saturated rings. The van der Waals surface area contributed by atoms with Gasteiger partial charge >= 0.3 is 0 Å². The summed E-state index contributed by atoms with van der Waals surface area (Å²) in [6.45, 7) is 3.59. The van der Waals surface area contributed by atoms with E-state index < -0.39 is 0 Å². The van der Waals surface area contributed by atoms with Gasteiger partial charge in [-0.25, -0.2) is 0 Å². The number of quaternary nitrogens is 1. The predicted molar refractivity (Wildman–Crippen MR) is 108 cm³/mol. The van der Waals surface area contributed by atoms with Crippen LogP contribution in [0.25, 0.3) is 0 Å². The smallest absolute Gasteiger partial charge is 0.230 e. The van der Waals surface area contributed by atoms with Gasteiger partial charge in [0.25, 0.3) is 0 Å². The third-order valence-electron chi connectivity index (χ3n) is 4.82. The van der Waals surface area contributed by atoms with Crippen LogP contribution in [0, 0.1) is 0 Å². The SMILES string of the molecule is C[C@H]([NH2+]CCC(=O)Nc1ccc(N2CCCC2=O)cc1)c1ccc(Cl)cc1. The normalized spacial score (nSPS) is 15.0. The van der Waals surface area contributed by atoms with Crippen molar-refractivity contribution in [2.24, 2.45) is 0 Å². The van der Waals surface area contributed by atoms with Crippen LogP contribution in [-0.4, -0.2) is 24.9 Å². The molecule has 0 unspecified atom stereocenters. The van der Waals surface area contributed by atoms with Gasteiger partial charge in [-0.3, -0.25) is 9.59 Å². The zero-order valence-corrected chi connectivity index (χ0v) is 16.2. The zero-order valence-electron chi connectivity index (χ0n) is 15.5. The van der Waals surface area contributed by atoms with Crippen molar-refractivity contribution in [1.82, 2.24) is 0 Å². The van der Waals surface area contributed by atoms with Crippen LogP contribution in [0.2, 0.25) is 5.02 Å². The van der Waals surface area contributed by atoms with E-state index in [0.29, 0.717) is 19.4 Å². The van der Waals surface area contributed by atoms with Crippen LogP contribution in [0.4, 0.5) is 11.4 Å². The summed E-state index contributed by atoms with van der Waals surface area (Å²) < 4.78 is 0. The number of hydrogen-bond donors (Lipinski definition) is 2. The van der Waals surface area contributed by atoms with Crippen molar-refractivity contribution >= 4 is 34.8 Å². The van der Waals surface area contributed by atoms with Crippen LogP contribution in [0.1, 0.15) is 37.8 Å². The molecule has 5 nitrogen and oxygen atoms in total. The minimum Gasteiger partial charge on any atom is -0.340 e. The van der Waals surface area contributed by atoms with Crippen molar-refractivity contribution in [3.05, 3.63) is 59.1 Å². The molecular formula is C21H25ClN3O2+. The summed E-state index contributed by atoms with van der Waals surface area (Å²) in [6, 6.07) is 15.5. The van der Waals surface area contributed by atoms with Gasteiger partial charge in [-0.2, -0.15) is 0 Å². The van der Waals surface area contributed by atoms with E-state index >= 15 is 0 Å². The molecule has 1 aliphatic heterocycles. The maximum atomic E-state index is 12.2. The standard InChI is InChI=1S/C21H24ClN3O2/c1-15(16-4-6-17(22)7-5-16)23-13-12-20(26)24-18-8-10-19(11-9-18)25-14-2-3-21(25)27/h4-11,15,23H,2-3,12-14H2,1H3,(H,24,26)/p+1/t15-/m0/s1. The Morgan fingerprint density at radius 3 is 2.52 bits per heavy atom. The van der Waals surface area contributed by atoms with Gasteiger partial charge in [0.1, 0.15) is 6.04 Å². The Labute approximate surface area is 164 Å². The lowest BCUT2D eigenvalue weighted by atomic mass is 10.1. The molecule has 1 aliphatic rings. The van der Waals surface area contributed by atoms with Gasteiger partial charge in [-0.15, -0.1) is 0 Å². The molecule has 27 heavy (non-hydrogen) atoms. The lowest BCUT2D eigenvalue weighted by molar-refractivity contribution is -0.691. The Kier molecular flexibility index (Phi) is 6.48. The summed E-state index contributed by atoms with van der Waals surface area (Å²) in [5.41, 5.74) is 2.83. The van der Waals surface area contributed by atoms with Crippen molar-refractivity contribution in [2.75, 3.05) is 23.3 Å². The molecule has 0 saturated carbocycles. The molecule has 142 valence electrons. The van der Waals surface area contributed by atoms with Gasteiger partial charge in [-0.1, -0.05) is 23.7 Å². The first-order valence-corrected chi connectivity index (χ1v) is 9.70. The lowest BCUT2D eigenvalue weighted by Crippen LogP contribution is -2.85. The first-order chi connectivity index (χ1) is 13.0. The Hall–Kier alpha value is -2.37. The zero-order chi connectivity index (χ0) is 19.2. The van der Waals surface area contributed by atoms with E-state index in [-0.39, 0.29) is 17.9 Å². The summed E-state index contributed by atoms with van der Waals surface area (Å²) in [6.07, 6.45) is 1.95. The minimum absolute atomic E-state index is 0.0143. The van der Waals surface area contributed by atoms with Crippen LogP contribution in [0.3, 0.4) is 0 Å². The summed E-state index contributed by atoms with van der Waals surface area (Å²) in [7, 11) is 0. The highest BCUT2D eigenvalue weighted by atomic mass is 35.5. The third-order valence-corrected chi connectivity index (χ3v) is 5.08. The third kappa shape index (κ3) is 5.31. The van der Waals surface area contributed by atoms with Crippen molar-refractivity contribution in [3.8, 4) is 0 Å². The second-order valence-corrected chi connectivity index (χ2v) is 7.30. The summed E-state index contributed by atoms with van der Waals surface area (Å²) >= 11 is 5.91. The Morgan fingerprint density at radius 2 is 1.89 bits per heavy atom. The lowest BCUT2D eigenvalue weighted by Gasteiger charge is -2.16. The largest absolute Gasteiger partial charge is 0.340 e. The average Bonchev–Trinajstić information content (AvgIpc) is 3.09. The number of carbonyl (C=O) groups is 2. The minimum atomic E-state index is -0.0143. The van der Waals surface area contributed by atoms with Gasteiger partial charge in [0, 0.05) is 34.9 Å². The molecule has 0 aliphatic carbocycles. The monoisotopic (exact) mass is 386 g/mol. The number of halogens is 1. The highest BCUT2D eigenvalue weighted by Crippen LogP contribution is 2.23. The molecule has 1 saturated heterocycles. The quantitative estimate of drug-likeness (QED) is 0.767. The molecule has 3 rings (SSSR count). The molecule has 2 aromatic rings. The van der Waals surface area contributed by atoms with E-state index in [1.807, 2.05) is 48.5 Å². The van der Waals surface area contributed by atoms with Crippen molar-refractivity contribution in [1.29, 1.82) is 0 Å². The summed E-state index contributed by atoms with van der Waals surface area (Å²) in [5, 5.41) is 5.78. The molecule has 1 heterocycles. The molecule has 0 bridgehead atoms. The van der Waals surface area contributed by atoms with Crippen molar-refractivity contribution < 1.29 is 14.9 Å². The van der Waals surface area contributed by atoms with E-state index in [0.717, 1.165) is 29.4 Å². The maximum absolute atomic E-state index is 12.2. The van der Waals surface area contributed by atoms with Gasteiger partial charge < -0.3 is 15.5 Å². The van der Waals surface area contributed by atoms with Crippen LogP contribution in [0.15, 0.2) is 48.5 Å². The summed E-state index contributed by atoms with van der Waals surface area (Å²) in [5.74, 6) is 0.150. The molecule has 0 spiro atoms. The molecule has 0 radical (unpaired) electrons. The Morgan fingerprint density at radius 1 is 1.19 bits per heavy atom. The van der Waals surface area contributed by atoms with Crippen LogP contribution < -0.4 is 15.5 Å².